The molecule has 0 fully saturated rings. The molecule has 1 aromatic rings. The molecule has 0 bridgehead atoms. The van der Waals surface area contributed by atoms with Crippen molar-refractivity contribution in [3.63, 3.8) is 0 Å². The third-order valence-corrected chi connectivity index (χ3v) is 3.76. The number of hydrogen-bond donors (Lipinski definition) is 1. The normalized spacial score (nSPS) is 14.0. The van der Waals surface area contributed by atoms with E-state index in [0.717, 1.165) is 0 Å². The van der Waals surface area contributed by atoms with Crippen LogP contribution in [0.1, 0.15) is 0 Å². The zero-order chi connectivity index (χ0) is 12.8. The van der Waals surface area contributed by atoms with E-state index in [1.165, 1.54) is 14.2 Å². The predicted octanol–water partition coefficient (Wildman–Crippen LogP) is 0.902. The Morgan fingerprint density at radius 2 is 2.06 bits per heavy atom. The molecule has 2 unspecified atom stereocenters. The van der Waals surface area contributed by atoms with E-state index in [-0.39, 0.29) is 6.61 Å². The van der Waals surface area contributed by atoms with E-state index < -0.39 is 22.0 Å². The molecule has 0 aliphatic heterocycles. The average Bonchev–Trinajstić information content (AvgIpc) is 2.34. The molecule has 0 aromatic heterocycles. The van der Waals surface area contributed by atoms with E-state index in [9.17, 15) is 9.00 Å². The fourth-order valence-electron chi connectivity index (χ4n) is 1.31. The van der Waals surface area contributed by atoms with Gasteiger partial charge in [0.1, 0.15) is 5.75 Å². The van der Waals surface area contributed by atoms with Crippen molar-refractivity contribution in [3.05, 3.63) is 24.3 Å². The lowest BCUT2D eigenvalue weighted by Gasteiger charge is -2.13. The van der Waals surface area contributed by atoms with Crippen molar-refractivity contribution < 1.29 is 23.6 Å². The van der Waals surface area contributed by atoms with Crippen molar-refractivity contribution >= 4 is 16.8 Å². The number of methoxy groups -OCH3 is 2. The maximum absolute atomic E-state index is 12.1. The van der Waals surface area contributed by atoms with Crippen LogP contribution in [0, 0.1) is 0 Å². The van der Waals surface area contributed by atoms with Crippen LogP contribution in [-0.2, 0) is 20.3 Å². The van der Waals surface area contributed by atoms with Crippen molar-refractivity contribution in [2.45, 2.75) is 10.1 Å². The molecule has 17 heavy (non-hydrogen) atoms. The van der Waals surface area contributed by atoms with Gasteiger partial charge in [-0.15, -0.1) is 0 Å². The Kier molecular flexibility index (Phi) is 5.11. The summed E-state index contributed by atoms with van der Waals surface area (Å²) in [6, 6.07) is 6.63. The van der Waals surface area contributed by atoms with Crippen LogP contribution in [0.5, 0.6) is 5.75 Å². The first-order chi connectivity index (χ1) is 8.11. The lowest BCUT2D eigenvalue weighted by molar-refractivity contribution is -0.137. The molecule has 5 nitrogen and oxygen atoms in total. The molecule has 0 heterocycles. The number of rotatable bonds is 6. The highest BCUT2D eigenvalue weighted by Crippen LogP contribution is 2.23. The van der Waals surface area contributed by atoms with Crippen LogP contribution in [-0.4, -0.2) is 41.4 Å². The van der Waals surface area contributed by atoms with Crippen LogP contribution in [0.3, 0.4) is 0 Å². The van der Waals surface area contributed by atoms with Crippen molar-refractivity contribution in [3.8, 4) is 5.75 Å². The van der Waals surface area contributed by atoms with Crippen LogP contribution in [0.2, 0.25) is 0 Å². The first-order valence-corrected chi connectivity index (χ1v) is 6.08. The quantitative estimate of drug-likeness (QED) is 0.820. The van der Waals surface area contributed by atoms with Gasteiger partial charge in [-0.25, -0.2) is 0 Å². The van der Waals surface area contributed by atoms with E-state index >= 15 is 0 Å². The zero-order valence-electron chi connectivity index (χ0n) is 9.58. The number of aliphatic carboxylic acids is 1. The predicted molar refractivity (Wildman–Crippen MR) is 62.7 cm³/mol. The van der Waals surface area contributed by atoms with Gasteiger partial charge in [0.05, 0.1) is 29.4 Å². The molecule has 0 aliphatic carbocycles. The molecule has 2 atom stereocenters. The molecule has 0 radical (unpaired) electrons. The second-order valence-electron chi connectivity index (χ2n) is 3.23. The highest BCUT2D eigenvalue weighted by molar-refractivity contribution is 7.86. The number of hydrogen-bond acceptors (Lipinski definition) is 4. The van der Waals surface area contributed by atoms with Gasteiger partial charge in [-0.1, -0.05) is 12.1 Å². The third kappa shape index (κ3) is 3.28. The number of carbonyl (C=O) groups is 1. The van der Waals surface area contributed by atoms with Crippen molar-refractivity contribution in [1.29, 1.82) is 0 Å². The van der Waals surface area contributed by atoms with E-state index in [4.69, 9.17) is 14.6 Å². The number of carboxylic acids is 1. The summed E-state index contributed by atoms with van der Waals surface area (Å²) in [6.45, 7) is -0.111. The highest BCUT2D eigenvalue weighted by atomic mass is 32.2. The molecule has 0 saturated carbocycles. The first kappa shape index (κ1) is 13.7. The Bertz CT molecular complexity index is 418. The summed E-state index contributed by atoms with van der Waals surface area (Å²) in [5.74, 6) is -0.746. The van der Waals surface area contributed by atoms with Crippen LogP contribution >= 0.6 is 0 Å². The summed E-state index contributed by atoms with van der Waals surface area (Å²) in [5.41, 5.74) is 0. The molecule has 0 saturated heterocycles. The molecule has 0 spiro atoms. The fraction of sp³-hybridized carbons (Fsp3) is 0.364. The van der Waals surface area contributed by atoms with Crippen LogP contribution in [0.15, 0.2) is 29.2 Å². The Morgan fingerprint density at radius 3 is 2.59 bits per heavy atom. The Balaban J connectivity index is 3.04. The summed E-state index contributed by atoms with van der Waals surface area (Å²) in [6.07, 6.45) is 0. The maximum atomic E-state index is 12.1. The summed E-state index contributed by atoms with van der Waals surface area (Å²) >= 11 is 0. The average molecular weight is 258 g/mol. The lowest BCUT2D eigenvalue weighted by Crippen LogP contribution is -2.30. The van der Waals surface area contributed by atoms with Crippen LogP contribution in [0.25, 0.3) is 0 Å². The van der Waals surface area contributed by atoms with Gasteiger partial charge in [0.15, 0.2) is 5.25 Å². The largest absolute Gasteiger partial charge is 0.495 e. The standard InChI is InChI=1S/C11H14O5S/c1-15-7-10(11(12)13)17(14)9-6-4-3-5-8(9)16-2/h3-6,10H,7H2,1-2H3,(H,12,13). The van der Waals surface area contributed by atoms with E-state index in [0.29, 0.717) is 10.6 Å². The number of benzene rings is 1. The number of para-hydroxylation sites is 1. The third-order valence-electron chi connectivity index (χ3n) is 2.14. The highest BCUT2D eigenvalue weighted by Gasteiger charge is 2.27. The van der Waals surface area contributed by atoms with Gasteiger partial charge in [0, 0.05) is 7.11 Å². The monoisotopic (exact) mass is 258 g/mol. The van der Waals surface area contributed by atoms with E-state index in [1.54, 1.807) is 24.3 Å². The second kappa shape index (κ2) is 6.36. The minimum Gasteiger partial charge on any atom is -0.495 e. The minimum atomic E-state index is -1.71. The summed E-state index contributed by atoms with van der Waals surface area (Å²) in [5, 5.41) is 7.89. The van der Waals surface area contributed by atoms with Crippen LogP contribution in [0.4, 0.5) is 0 Å². The van der Waals surface area contributed by atoms with Gasteiger partial charge in [-0.3, -0.25) is 9.00 Å². The Morgan fingerprint density at radius 1 is 1.41 bits per heavy atom. The van der Waals surface area contributed by atoms with Gasteiger partial charge in [0.2, 0.25) is 0 Å². The van der Waals surface area contributed by atoms with Gasteiger partial charge >= 0.3 is 5.97 Å². The molecule has 1 rings (SSSR count). The summed E-state index contributed by atoms with van der Waals surface area (Å²) in [7, 11) is 1.10. The van der Waals surface area contributed by atoms with Gasteiger partial charge < -0.3 is 14.6 Å². The van der Waals surface area contributed by atoms with Gasteiger partial charge in [0.25, 0.3) is 0 Å². The van der Waals surface area contributed by atoms with Crippen molar-refractivity contribution in [2.75, 3.05) is 20.8 Å². The molecular weight excluding hydrogens is 244 g/mol. The summed E-state index contributed by atoms with van der Waals surface area (Å²) < 4.78 is 21.9. The Labute approximate surface area is 102 Å². The first-order valence-electron chi connectivity index (χ1n) is 4.87. The van der Waals surface area contributed by atoms with Gasteiger partial charge in [-0.05, 0) is 12.1 Å². The van der Waals surface area contributed by atoms with Gasteiger partial charge in [-0.2, -0.15) is 0 Å². The van der Waals surface area contributed by atoms with E-state index in [1.807, 2.05) is 0 Å². The topological polar surface area (TPSA) is 72.8 Å². The molecule has 0 aliphatic rings. The minimum absolute atomic E-state index is 0.111. The summed E-state index contributed by atoms with van der Waals surface area (Å²) in [4.78, 5) is 11.4. The lowest BCUT2D eigenvalue weighted by atomic mass is 10.3. The zero-order valence-corrected chi connectivity index (χ0v) is 10.4. The molecular formula is C11H14O5S. The number of carboxylic acid groups (broad SMARTS) is 1. The second-order valence-corrected chi connectivity index (χ2v) is 4.83. The molecule has 0 amide bonds. The molecule has 94 valence electrons. The van der Waals surface area contributed by atoms with Crippen molar-refractivity contribution in [2.24, 2.45) is 0 Å². The van der Waals surface area contributed by atoms with Crippen molar-refractivity contribution in [1.82, 2.24) is 0 Å². The SMILES string of the molecule is COCC(C(=O)O)S(=O)c1ccccc1OC. The molecule has 1 aromatic carbocycles. The van der Waals surface area contributed by atoms with E-state index in [2.05, 4.69) is 0 Å². The Hall–Kier alpha value is -1.40. The maximum Gasteiger partial charge on any atom is 0.322 e. The van der Waals surface area contributed by atoms with Crippen LogP contribution < -0.4 is 4.74 Å². The molecule has 1 N–H and O–H groups in total. The fourth-order valence-corrected chi connectivity index (χ4v) is 2.63. The smallest absolute Gasteiger partial charge is 0.322 e. The number of ether oxygens (including phenoxy) is 2. The molecule has 6 heteroatoms.